The van der Waals surface area contributed by atoms with E-state index in [1.807, 2.05) is 0 Å². The van der Waals surface area contributed by atoms with Gasteiger partial charge in [-0.25, -0.2) is 4.79 Å². The van der Waals surface area contributed by atoms with Crippen LogP contribution in [-0.4, -0.2) is 42.3 Å². The van der Waals surface area contributed by atoms with Crippen molar-refractivity contribution < 1.29 is 24.2 Å². The number of carboxylic acid groups (broad SMARTS) is 1. The number of ether oxygens (including phenoxy) is 2. The number of carboxylic acids is 1. The molecule has 1 aromatic rings. The molecular weight excluding hydrogens is 310 g/mol. The first kappa shape index (κ1) is 16.8. The maximum absolute atomic E-state index is 12.6. The van der Waals surface area contributed by atoms with Gasteiger partial charge in [-0.15, -0.1) is 0 Å². The van der Waals surface area contributed by atoms with Crippen LogP contribution in [0.3, 0.4) is 0 Å². The third-order valence-electron chi connectivity index (χ3n) is 5.08. The Kier molecular flexibility index (Phi) is 4.49. The van der Waals surface area contributed by atoms with Crippen LogP contribution in [0.15, 0.2) is 12.1 Å². The fraction of sp³-hybridized carbons (Fsp3) is 0.556. The molecule has 1 atom stereocenters. The van der Waals surface area contributed by atoms with Crippen LogP contribution in [0.1, 0.15) is 58.4 Å². The number of rotatable bonds is 4. The van der Waals surface area contributed by atoms with E-state index in [0.29, 0.717) is 17.7 Å². The number of aryl methyl sites for hydroxylation is 1. The fourth-order valence-electron chi connectivity index (χ4n) is 3.83. The average molecular weight is 333 g/mol. The van der Waals surface area contributed by atoms with Crippen molar-refractivity contribution in [2.75, 3.05) is 13.7 Å². The predicted octanol–water partition coefficient (Wildman–Crippen LogP) is 2.53. The van der Waals surface area contributed by atoms with Gasteiger partial charge in [0.1, 0.15) is 11.3 Å². The second-order valence-corrected chi connectivity index (χ2v) is 6.75. The van der Waals surface area contributed by atoms with Crippen LogP contribution < -0.4 is 10.1 Å². The molecule has 0 radical (unpaired) electrons. The van der Waals surface area contributed by atoms with Crippen molar-refractivity contribution >= 4 is 11.9 Å². The first-order chi connectivity index (χ1) is 11.4. The molecular formula is C18H23NO5. The Morgan fingerprint density at radius 3 is 2.62 bits per heavy atom. The Morgan fingerprint density at radius 2 is 2.00 bits per heavy atom. The lowest BCUT2D eigenvalue weighted by atomic mass is 9.96. The maximum atomic E-state index is 12.6. The first-order valence-corrected chi connectivity index (χ1v) is 8.31. The monoisotopic (exact) mass is 333 g/mol. The number of hydrogen-bond donors (Lipinski definition) is 2. The summed E-state index contributed by atoms with van der Waals surface area (Å²) < 4.78 is 11.0. The van der Waals surface area contributed by atoms with E-state index >= 15 is 0 Å². The van der Waals surface area contributed by atoms with Crippen LogP contribution in [0, 0.1) is 6.92 Å². The van der Waals surface area contributed by atoms with Gasteiger partial charge in [-0.3, -0.25) is 4.79 Å². The summed E-state index contributed by atoms with van der Waals surface area (Å²) in [5, 5.41) is 12.3. The fourth-order valence-corrected chi connectivity index (χ4v) is 3.83. The molecule has 1 saturated heterocycles. The number of methoxy groups -OCH3 is 1. The second-order valence-electron chi connectivity index (χ2n) is 6.75. The van der Waals surface area contributed by atoms with Gasteiger partial charge in [0.2, 0.25) is 0 Å². The van der Waals surface area contributed by atoms with Gasteiger partial charge < -0.3 is 19.9 Å². The van der Waals surface area contributed by atoms with Gasteiger partial charge in [0.15, 0.2) is 0 Å². The van der Waals surface area contributed by atoms with Crippen molar-refractivity contribution in [3.63, 3.8) is 0 Å². The van der Waals surface area contributed by atoms with E-state index < -0.39 is 5.97 Å². The first-order valence-electron chi connectivity index (χ1n) is 8.31. The number of carbonyl (C=O) groups is 2. The van der Waals surface area contributed by atoms with Crippen LogP contribution in [0.4, 0.5) is 0 Å². The van der Waals surface area contributed by atoms with E-state index in [0.717, 1.165) is 19.3 Å². The summed E-state index contributed by atoms with van der Waals surface area (Å²) >= 11 is 0. The van der Waals surface area contributed by atoms with Gasteiger partial charge in [-0.05, 0) is 43.9 Å². The van der Waals surface area contributed by atoms with Crippen LogP contribution in [0.25, 0.3) is 0 Å². The minimum absolute atomic E-state index is 0.0109. The number of hydrogen-bond acceptors (Lipinski definition) is 4. The second kappa shape index (κ2) is 6.43. The molecule has 130 valence electrons. The standard InChI is InChI=1S/C18H23NO5/c1-11-7-15(23-2)14(17(21)22)8-13(11)16(20)19-12-9-18(24-10-12)5-3-4-6-18/h7-8,12H,3-6,9-10H2,1-2H3,(H,19,20)(H,21,22). The molecule has 1 aliphatic heterocycles. The molecule has 1 amide bonds. The summed E-state index contributed by atoms with van der Waals surface area (Å²) in [6, 6.07) is 2.94. The Morgan fingerprint density at radius 1 is 1.29 bits per heavy atom. The highest BCUT2D eigenvalue weighted by Gasteiger charge is 2.42. The summed E-state index contributed by atoms with van der Waals surface area (Å²) in [6.07, 6.45) is 5.31. The van der Waals surface area contributed by atoms with Crippen molar-refractivity contribution in [3.8, 4) is 5.75 Å². The number of aromatic carboxylic acids is 1. The van der Waals surface area contributed by atoms with Gasteiger partial charge >= 0.3 is 5.97 Å². The van der Waals surface area contributed by atoms with Gasteiger partial charge in [0, 0.05) is 5.56 Å². The summed E-state index contributed by atoms with van der Waals surface area (Å²) in [5.74, 6) is -1.12. The number of nitrogens with one attached hydrogen (secondary N) is 1. The lowest BCUT2D eigenvalue weighted by Gasteiger charge is -2.21. The topological polar surface area (TPSA) is 84.9 Å². The summed E-state index contributed by atoms with van der Waals surface area (Å²) in [5.41, 5.74) is 0.978. The molecule has 0 aromatic heterocycles. The predicted molar refractivity (Wildman–Crippen MR) is 87.7 cm³/mol. The third-order valence-corrected chi connectivity index (χ3v) is 5.08. The minimum Gasteiger partial charge on any atom is -0.496 e. The zero-order valence-electron chi connectivity index (χ0n) is 14.1. The Bertz CT molecular complexity index is 664. The molecule has 1 spiro atoms. The highest BCUT2D eigenvalue weighted by atomic mass is 16.5. The minimum atomic E-state index is -1.12. The number of benzene rings is 1. The van der Waals surface area contributed by atoms with Gasteiger partial charge in [-0.1, -0.05) is 12.8 Å². The molecule has 1 saturated carbocycles. The Labute approximate surface area is 141 Å². The van der Waals surface area contributed by atoms with E-state index in [9.17, 15) is 14.7 Å². The summed E-state index contributed by atoms with van der Waals surface area (Å²) in [7, 11) is 1.41. The zero-order valence-corrected chi connectivity index (χ0v) is 14.1. The molecule has 2 N–H and O–H groups in total. The van der Waals surface area contributed by atoms with Crippen LogP contribution in [0.5, 0.6) is 5.75 Å². The van der Waals surface area contributed by atoms with E-state index in [1.54, 1.807) is 13.0 Å². The van der Waals surface area contributed by atoms with Crippen molar-refractivity contribution in [1.82, 2.24) is 5.32 Å². The van der Waals surface area contributed by atoms with E-state index in [2.05, 4.69) is 5.32 Å². The molecule has 6 nitrogen and oxygen atoms in total. The average Bonchev–Trinajstić information content (AvgIpc) is 3.16. The molecule has 2 fully saturated rings. The van der Waals surface area contributed by atoms with Crippen molar-refractivity contribution in [2.24, 2.45) is 0 Å². The van der Waals surface area contributed by atoms with Gasteiger partial charge in [0.25, 0.3) is 5.91 Å². The normalized spacial score (nSPS) is 21.8. The van der Waals surface area contributed by atoms with Crippen LogP contribution >= 0.6 is 0 Å². The van der Waals surface area contributed by atoms with Crippen molar-refractivity contribution in [3.05, 3.63) is 28.8 Å². The molecule has 1 aliphatic carbocycles. The molecule has 1 aromatic carbocycles. The molecule has 2 aliphatic rings. The third kappa shape index (κ3) is 3.11. The van der Waals surface area contributed by atoms with E-state index in [1.165, 1.54) is 26.0 Å². The molecule has 0 bridgehead atoms. The smallest absolute Gasteiger partial charge is 0.339 e. The summed E-state index contributed by atoms with van der Waals surface area (Å²) in [4.78, 5) is 23.9. The van der Waals surface area contributed by atoms with Crippen molar-refractivity contribution in [1.29, 1.82) is 0 Å². The van der Waals surface area contributed by atoms with Crippen molar-refractivity contribution in [2.45, 2.75) is 50.7 Å². The highest BCUT2D eigenvalue weighted by Crippen LogP contribution is 2.40. The molecule has 1 heterocycles. The SMILES string of the molecule is COc1cc(C)c(C(=O)NC2COC3(CCCC3)C2)cc1C(=O)O. The quantitative estimate of drug-likeness (QED) is 0.884. The Balaban J connectivity index is 1.75. The largest absolute Gasteiger partial charge is 0.496 e. The van der Waals surface area contributed by atoms with Gasteiger partial charge in [0.05, 0.1) is 25.4 Å². The lowest BCUT2D eigenvalue weighted by Crippen LogP contribution is -2.36. The molecule has 24 heavy (non-hydrogen) atoms. The highest BCUT2D eigenvalue weighted by molar-refractivity contribution is 6.00. The number of carbonyl (C=O) groups excluding carboxylic acids is 1. The van der Waals surface area contributed by atoms with E-state index in [-0.39, 0.29) is 28.9 Å². The molecule has 1 unspecified atom stereocenters. The van der Waals surface area contributed by atoms with Crippen LogP contribution in [-0.2, 0) is 4.74 Å². The zero-order chi connectivity index (χ0) is 17.3. The molecule has 3 rings (SSSR count). The molecule has 6 heteroatoms. The van der Waals surface area contributed by atoms with Gasteiger partial charge in [-0.2, -0.15) is 0 Å². The maximum Gasteiger partial charge on any atom is 0.339 e. The lowest BCUT2D eigenvalue weighted by molar-refractivity contribution is 0.00987. The van der Waals surface area contributed by atoms with Crippen LogP contribution in [0.2, 0.25) is 0 Å². The number of amides is 1. The van der Waals surface area contributed by atoms with E-state index in [4.69, 9.17) is 9.47 Å². The summed E-state index contributed by atoms with van der Waals surface area (Å²) in [6.45, 7) is 2.29. The Hall–Kier alpha value is -2.08.